The zero-order chi connectivity index (χ0) is 24.3. The molecule has 0 aliphatic heterocycles. The van der Waals surface area contributed by atoms with Crippen molar-refractivity contribution in [2.24, 2.45) is 0 Å². The predicted octanol–water partition coefficient (Wildman–Crippen LogP) is 3.73. The molecule has 9 heteroatoms. The van der Waals surface area contributed by atoms with E-state index in [1.54, 1.807) is 30.3 Å². The molecule has 4 rings (SSSR count). The summed E-state index contributed by atoms with van der Waals surface area (Å²) in [4.78, 5) is 15.1. The molecule has 0 bridgehead atoms. The highest BCUT2D eigenvalue weighted by molar-refractivity contribution is 7.89. The highest BCUT2D eigenvalue weighted by Crippen LogP contribution is 2.28. The van der Waals surface area contributed by atoms with E-state index < -0.39 is 16.1 Å². The van der Waals surface area contributed by atoms with Gasteiger partial charge in [-0.25, -0.2) is 13.1 Å². The lowest BCUT2D eigenvalue weighted by Crippen LogP contribution is -2.39. The second-order valence-electron chi connectivity index (χ2n) is 7.87. The summed E-state index contributed by atoms with van der Waals surface area (Å²) >= 11 is 6.26. The van der Waals surface area contributed by atoms with E-state index in [4.69, 9.17) is 11.6 Å². The molecule has 0 saturated carbocycles. The van der Waals surface area contributed by atoms with Crippen LogP contribution in [-0.4, -0.2) is 44.1 Å². The second kappa shape index (κ2) is 9.99. The van der Waals surface area contributed by atoms with Crippen molar-refractivity contribution in [2.75, 3.05) is 13.7 Å². The molecule has 34 heavy (non-hydrogen) atoms. The van der Waals surface area contributed by atoms with E-state index in [0.717, 1.165) is 16.5 Å². The Bertz CT molecular complexity index is 1450. The maximum absolute atomic E-state index is 13.1. The van der Waals surface area contributed by atoms with E-state index in [2.05, 4.69) is 15.0 Å². The second-order valence-corrected chi connectivity index (χ2v) is 9.99. The van der Waals surface area contributed by atoms with Crippen molar-refractivity contribution in [2.45, 2.75) is 17.4 Å². The van der Waals surface area contributed by atoms with Gasteiger partial charge in [0.05, 0.1) is 22.1 Å². The minimum absolute atomic E-state index is 0.0638. The number of benzene rings is 3. The molecule has 1 atom stereocenters. The van der Waals surface area contributed by atoms with Gasteiger partial charge in [0.25, 0.3) is 5.91 Å². The highest BCUT2D eigenvalue weighted by atomic mass is 35.5. The zero-order valence-electron chi connectivity index (χ0n) is 18.4. The summed E-state index contributed by atoms with van der Waals surface area (Å²) in [5.41, 5.74) is 3.50. The Balaban J connectivity index is 1.57. The molecule has 0 unspecified atom stereocenters. The summed E-state index contributed by atoms with van der Waals surface area (Å²) in [6.45, 7) is -0.352. The number of aromatic nitrogens is 1. The third kappa shape index (κ3) is 5.00. The number of carbonyl (C=O) groups is 1. The lowest BCUT2D eigenvalue weighted by Gasteiger charge is -2.17. The first kappa shape index (κ1) is 24.0. The molecule has 0 spiro atoms. The van der Waals surface area contributed by atoms with Crippen LogP contribution in [0.4, 0.5) is 0 Å². The first-order chi connectivity index (χ1) is 16.3. The van der Waals surface area contributed by atoms with Crippen molar-refractivity contribution in [1.82, 2.24) is 15.0 Å². The number of aliphatic hydroxyl groups is 1. The van der Waals surface area contributed by atoms with Crippen LogP contribution in [0.25, 0.3) is 22.0 Å². The van der Waals surface area contributed by atoms with Crippen molar-refractivity contribution in [3.8, 4) is 11.1 Å². The Kier molecular flexibility index (Phi) is 7.04. The molecule has 1 amide bonds. The first-order valence-corrected chi connectivity index (χ1v) is 12.5. The molecule has 1 heterocycles. The van der Waals surface area contributed by atoms with Gasteiger partial charge in [-0.15, -0.1) is 0 Å². The van der Waals surface area contributed by atoms with E-state index in [0.29, 0.717) is 23.1 Å². The monoisotopic (exact) mass is 497 g/mol. The SMILES string of the molecule is CNC(=O)c1ccc(-c2cccc(S(=O)(=O)N[C@@H](CO)Cc3c[nH]c4ccccc34)c2)cc1Cl. The Hall–Kier alpha value is -3.17. The maximum Gasteiger partial charge on any atom is 0.252 e. The lowest BCUT2D eigenvalue weighted by atomic mass is 10.0. The predicted molar refractivity (Wildman–Crippen MR) is 133 cm³/mol. The molecule has 0 saturated heterocycles. The van der Waals surface area contributed by atoms with Crippen LogP contribution in [0.1, 0.15) is 15.9 Å². The number of fused-ring (bicyclic) bond motifs is 1. The summed E-state index contributed by atoms with van der Waals surface area (Å²) in [6.07, 6.45) is 2.16. The number of amides is 1. The van der Waals surface area contributed by atoms with E-state index in [-0.39, 0.29) is 22.4 Å². The van der Waals surface area contributed by atoms with Gasteiger partial charge in [0.1, 0.15) is 0 Å². The molecule has 0 fully saturated rings. The van der Waals surface area contributed by atoms with E-state index >= 15 is 0 Å². The van der Waals surface area contributed by atoms with Crippen molar-refractivity contribution in [3.05, 3.63) is 89.1 Å². The zero-order valence-corrected chi connectivity index (χ0v) is 20.0. The quantitative estimate of drug-likeness (QED) is 0.297. The Morgan fingerprint density at radius 2 is 1.82 bits per heavy atom. The molecule has 0 radical (unpaired) electrons. The van der Waals surface area contributed by atoms with E-state index in [1.165, 1.54) is 19.2 Å². The number of sulfonamides is 1. The normalized spacial score (nSPS) is 12.6. The summed E-state index contributed by atoms with van der Waals surface area (Å²) < 4.78 is 28.8. The number of rotatable bonds is 8. The molecule has 0 aliphatic carbocycles. The Morgan fingerprint density at radius 1 is 1.06 bits per heavy atom. The number of halogens is 1. The fourth-order valence-corrected chi connectivity index (χ4v) is 5.39. The van der Waals surface area contributed by atoms with Crippen molar-refractivity contribution in [3.63, 3.8) is 0 Å². The molecule has 7 nitrogen and oxygen atoms in total. The van der Waals surface area contributed by atoms with Gasteiger partial charge in [0, 0.05) is 30.2 Å². The summed E-state index contributed by atoms with van der Waals surface area (Å²) in [6, 6.07) is 18.4. The number of nitrogens with one attached hydrogen (secondary N) is 3. The van der Waals surface area contributed by atoms with Crippen molar-refractivity contribution in [1.29, 1.82) is 0 Å². The minimum Gasteiger partial charge on any atom is -0.395 e. The minimum atomic E-state index is -3.91. The van der Waals surface area contributed by atoms with E-state index in [1.807, 2.05) is 30.5 Å². The third-order valence-corrected chi connectivity index (χ3v) is 7.43. The van der Waals surface area contributed by atoms with Crippen LogP contribution in [0.15, 0.2) is 77.8 Å². The van der Waals surface area contributed by atoms with Gasteiger partial charge in [-0.3, -0.25) is 4.79 Å². The summed E-state index contributed by atoms with van der Waals surface area (Å²) in [7, 11) is -2.39. The largest absolute Gasteiger partial charge is 0.395 e. The van der Waals surface area contributed by atoms with Gasteiger partial charge < -0.3 is 15.4 Å². The smallest absolute Gasteiger partial charge is 0.252 e. The van der Waals surface area contributed by atoms with Crippen LogP contribution in [0.5, 0.6) is 0 Å². The van der Waals surface area contributed by atoms with Crippen molar-refractivity contribution < 1.29 is 18.3 Å². The van der Waals surface area contributed by atoms with Gasteiger partial charge >= 0.3 is 0 Å². The van der Waals surface area contributed by atoms with Crippen LogP contribution in [0.2, 0.25) is 5.02 Å². The van der Waals surface area contributed by atoms with Crippen LogP contribution in [-0.2, 0) is 16.4 Å². The highest BCUT2D eigenvalue weighted by Gasteiger charge is 2.22. The molecule has 0 aliphatic rings. The molecule has 3 aromatic carbocycles. The Labute approximate surface area is 202 Å². The number of hydrogen-bond acceptors (Lipinski definition) is 4. The number of H-pyrrole nitrogens is 1. The number of hydrogen-bond donors (Lipinski definition) is 4. The van der Waals surface area contributed by atoms with Crippen LogP contribution in [0, 0.1) is 0 Å². The van der Waals surface area contributed by atoms with Gasteiger partial charge in [-0.2, -0.15) is 0 Å². The number of carbonyl (C=O) groups excluding carboxylic acids is 1. The first-order valence-electron chi connectivity index (χ1n) is 10.6. The average molecular weight is 498 g/mol. The molecule has 4 aromatic rings. The molecular weight excluding hydrogens is 474 g/mol. The van der Waals surface area contributed by atoms with Crippen LogP contribution >= 0.6 is 11.6 Å². The van der Waals surface area contributed by atoms with Gasteiger partial charge in [-0.05, 0) is 53.4 Å². The molecule has 4 N–H and O–H groups in total. The molecule has 1 aromatic heterocycles. The van der Waals surface area contributed by atoms with Crippen molar-refractivity contribution >= 4 is 38.4 Å². The van der Waals surface area contributed by atoms with Gasteiger partial charge in [-0.1, -0.05) is 48.0 Å². The maximum atomic E-state index is 13.1. The van der Waals surface area contributed by atoms with E-state index in [9.17, 15) is 18.3 Å². The Morgan fingerprint density at radius 3 is 2.56 bits per heavy atom. The van der Waals surface area contributed by atoms with Gasteiger partial charge in [0.15, 0.2) is 0 Å². The molecule has 176 valence electrons. The van der Waals surface area contributed by atoms with Crippen LogP contribution < -0.4 is 10.0 Å². The lowest BCUT2D eigenvalue weighted by molar-refractivity contribution is 0.0963. The fourth-order valence-electron chi connectivity index (χ4n) is 3.85. The third-order valence-electron chi connectivity index (χ3n) is 5.60. The summed E-state index contributed by atoms with van der Waals surface area (Å²) in [5.74, 6) is -0.303. The number of aromatic amines is 1. The summed E-state index contributed by atoms with van der Waals surface area (Å²) in [5, 5.41) is 13.7. The molecular formula is C25H24ClN3O4S. The fraction of sp³-hybridized carbons (Fsp3) is 0.160. The number of para-hydroxylation sites is 1. The number of aliphatic hydroxyl groups excluding tert-OH is 1. The topological polar surface area (TPSA) is 111 Å². The standard InChI is InChI=1S/C25H24ClN3O4S/c1-27-25(31)22-10-9-17(13-23(22)26)16-5-4-6-20(12-16)34(32,33)29-19(15-30)11-18-14-28-24-8-3-2-7-21(18)24/h2-10,12-14,19,28-30H,11,15H2,1H3,(H,27,31)/t19-/m1/s1. The van der Waals surface area contributed by atoms with Gasteiger partial charge in [0.2, 0.25) is 10.0 Å². The average Bonchev–Trinajstić information content (AvgIpc) is 3.25. The van der Waals surface area contributed by atoms with Crippen LogP contribution in [0.3, 0.4) is 0 Å².